The Morgan fingerprint density at radius 1 is 1.18 bits per heavy atom. The van der Waals surface area contributed by atoms with Gasteiger partial charge < -0.3 is 10.6 Å². The van der Waals surface area contributed by atoms with Crippen LogP contribution in [0.15, 0.2) is 42.5 Å². The third-order valence-corrected chi connectivity index (χ3v) is 4.27. The van der Waals surface area contributed by atoms with Crippen LogP contribution in [0.2, 0.25) is 0 Å². The first-order valence-electron chi connectivity index (χ1n) is 7.81. The highest BCUT2D eigenvalue weighted by atomic mass is 35.5. The summed E-state index contributed by atoms with van der Waals surface area (Å²) in [7, 11) is 0. The van der Waals surface area contributed by atoms with Gasteiger partial charge in [-0.15, -0.1) is 12.4 Å². The van der Waals surface area contributed by atoms with Gasteiger partial charge in [-0.3, -0.25) is 4.79 Å². The quantitative estimate of drug-likeness (QED) is 0.907. The van der Waals surface area contributed by atoms with Crippen LogP contribution in [0.25, 0.3) is 10.8 Å². The first-order valence-corrected chi connectivity index (χ1v) is 7.81. The maximum atomic E-state index is 12.4. The highest BCUT2D eigenvalue weighted by Gasteiger charge is 2.14. The summed E-state index contributed by atoms with van der Waals surface area (Å²) in [5, 5.41) is 8.63. The minimum atomic E-state index is 0. The first-order chi connectivity index (χ1) is 10.3. The second kappa shape index (κ2) is 8.16. The lowest BCUT2D eigenvalue weighted by Crippen LogP contribution is -2.33. The number of benzene rings is 2. The number of nitrogens with one attached hydrogen (secondary N) is 2. The molecule has 0 spiro atoms. The van der Waals surface area contributed by atoms with Gasteiger partial charge in [0.1, 0.15) is 0 Å². The number of piperidine rings is 1. The van der Waals surface area contributed by atoms with Crippen molar-refractivity contribution in [2.75, 3.05) is 19.6 Å². The van der Waals surface area contributed by atoms with Gasteiger partial charge in [0.25, 0.3) is 5.91 Å². The van der Waals surface area contributed by atoms with Crippen molar-refractivity contribution in [3.63, 3.8) is 0 Å². The summed E-state index contributed by atoms with van der Waals surface area (Å²) in [5.41, 5.74) is 0.773. The Balaban J connectivity index is 0.00000176. The van der Waals surface area contributed by atoms with E-state index in [0.29, 0.717) is 5.92 Å². The Morgan fingerprint density at radius 3 is 2.82 bits per heavy atom. The molecule has 0 bridgehead atoms. The molecule has 1 aliphatic heterocycles. The summed E-state index contributed by atoms with van der Waals surface area (Å²) in [6.45, 7) is 2.98. The van der Waals surface area contributed by atoms with Crippen LogP contribution in [0.3, 0.4) is 0 Å². The van der Waals surface area contributed by atoms with Crippen molar-refractivity contribution < 1.29 is 4.79 Å². The molecule has 0 radical (unpaired) electrons. The van der Waals surface area contributed by atoms with Crippen LogP contribution >= 0.6 is 12.4 Å². The van der Waals surface area contributed by atoms with Crippen molar-refractivity contribution in [2.24, 2.45) is 5.92 Å². The molecule has 0 aliphatic carbocycles. The molecule has 4 heteroatoms. The van der Waals surface area contributed by atoms with Gasteiger partial charge in [0, 0.05) is 12.1 Å². The SMILES string of the molecule is Cl.O=C(NCCC1CCCNC1)c1cccc2ccccc12. The largest absolute Gasteiger partial charge is 0.352 e. The molecular formula is C18H23ClN2O. The smallest absolute Gasteiger partial charge is 0.251 e. The lowest BCUT2D eigenvalue weighted by Gasteiger charge is -2.22. The molecule has 1 heterocycles. The second-order valence-electron chi connectivity index (χ2n) is 5.78. The first kappa shape index (κ1) is 16.8. The number of hydrogen-bond donors (Lipinski definition) is 2. The predicted octanol–water partition coefficient (Wildman–Crippen LogP) is 3.38. The Bertz CT molecular complexity index is 618. The summed E-state index contributed by atoms with van der Waals surface area (Å²) in [6.07, 6.45) is 3.59. The zero-order valence-electron chi connectivity index (χ0n) is 12.7. The van der Waals surface area contributed by atoms with Crippen LogP contribution in [0.4, 0.5) is 0 Å². The molecule has 0 saturated carbocycles. The molecule has 22 heavy (non-hydrogen) atoms. The number of hydrogen-bond acceptors (Lipinski definition) is 2. The number of halogens is 1. The van der Waals surface area contributed by atoms with Gasteiger partial charge in [0.05, 0.1) is 0 Å². The molecule has 1 saturated heterocycles. The van der Waals surface area contributed by atoms with Crippen LogP contribution in [-0.4, -0.2) is 25.5 Å². The van der Waals surface area contributed by atoms with E-state index in [0.717, 1.165) is 42.4 Å². The molecule has 2 aromatic rings. The van der Waals surface area contributed by atoms with E-state index in [-0.39, 0.29) is 18.3 Å². The Morgan fingerprint density at radius 2 is 2.00 bits per heavy atom. The van der Waals surface area contributed by atoms with Crippen LogP contribution in [0.1, 0.15) is 29.6 Å². The normalized spacial score (nSPS) is 17.7. The molecule has 118 valence electrons. The topological polar surface area (TPSA) is 41.1 Å². The maximum absolute atomic E-state index is 12.4. The van der Waals surface area contributed by atoms with Crippen LogP contribution < -0.4 is 10.6 Å². The Hall–Kier alpha value is -1.58. The van der Waals surface area contributed by atoms with E-state index in [1.807, 2.05) is 42.5 Å². The zero-order valence-corrected chi connectivity index (χ0v) is 13.5. The van der Waals surface area contributed by atoms with Crippen LogP contribution in [-0.2, 0) is 0 Å². The van der Waals surface area contributed by atoms with Crippen molar-refractivity contribution in [1.82, 2.24) is 10.6 Å². The molecule has 1 atom stereocenters. The molecule has 1 unspecified atom stereocenters. The molecule has 3 rings (SSSR count). The number of fused-ring (bicyclic) bond motifs is 1. The van der Waals surface area contributed by atoms with E-state index >= 15 is 0 Å². The van der Waals surface area contributed by atoms with Gasteiger partial charge in [-0.25, -0.2) is 0 Å². The summed E-state index contributed by atoms with van der Waals surface area (Å²) in [6, 6.07) is 13.9. The fraction of sp³-hybridized carbons (Fsp3) is 0.389. The fourth-order valence-electron chi connectivity index (χ4n) is 3.08. The molecule has 1 aliphatic rings. The highest BCUT2D eigenvalue weighted by molar-refractivity contribution is 6.06. The number of amides is 1. The minimum absolute atomic E-state index is 0. The molecule has 2 N–H and O–H groups in total. The summed E-state index contributed by atoms with van der Waals surface area (Å²) >= 11 is 0. The van der Waals surface area contributed by atoms with E-state index in [2.05, 4.69) is 10.6 Å². The molecule has 3 nitrogen and oxygen atoms in total. The zero-order chi connectivity index (χ0) is 14.5. The molecule has 1 fully saturated rings. The van der Waals surface area contributed by atoms with Crippen molar-refractivity contribution in [2.45, 2.75) is 19.3 Å². The monoisotopic (exact) mass is 318 g/mol. The van der Waals surface area contributed by atoms with E-state index in [4.69, 9.17) is 0 Å². The Labute approximate surface area is 137 Å². The third kappa shape index (κ3) is 3.99. The van der Waals surface area contributed by atoms with Crippen molar-refractivity contribution in [1.29, 1.82) is 0 Å². The Kier molecular flexibility index (Phi) is 6.22. The number of carbonyl (C=O) groups is 1. The van der Waals surface area contributed by atoms with Gasteiger partial charge in [-0.1, -0.05) is 36.4 Å². The van der Waals surface area contributed by atoms with Crippen LogP contribution in [0.5, 0.6) is 0 Å². The standard InChI is InChI=1S/C18H22N2O.ClH/c21-18(20-12-10-14-5-4-11-19-13-14)17-9-3-7-15-6-1-2-8-16(15)17;/h1-3,6-9,14,19H,4-5,10-13H2,(H,20,21);1H. The fourth-order valence-corrected chi connectivity index (χ4v) is 3.08. The van der Waals surface area contributed by atoms with Gasteiger partial charge in [-0.05, 0) is 55.1 Å². The summed E-state index contributed by atoms with van der Waals surface area (Å²) in [4.78, 5) is 12.4. The minimum Gasteiger partial charge on any atom is -0.352 e. The van der Waals surface area contributed by atoms with E-state index in [9.17, 15) is 4.79 Å². The van der Waals surface area contributed by atoms with E-state index in [1.165, 1.54) is 12.8 Å². The number of rotatable bonds is 4. The summed E-state index contributed by atoms with van der Waals surface area (Å²) < 4.78 is 0. The molecule has 1 amide bonds. The molecule has 0 aromatic heterocycles. The van der Waals surface area contributed by atoms with Crippen molar-refractivity contribution >= 4 is 29.1 Å². The van der Waals surface area contributed by atoms with Gasteiger partial charge >= 0.3 is 0 Å². The van der Waals surface area contributed by atoms with Crippen LogP contribution in [0, 0.1) is 5.92 Å². The number of carbonyl (C=O) groups excluding carboxylic acids is 1. The molecule has 2 aromatic carbocycles. The third-order valence-electron chi connectivity index (χ3n) is 4.27. The van der Waals surface area contributed by atoms with Crippen molar-refractivity contribution in [3.8, 4) is 0 Å². The van der Waals surface area contributed by atoms with E-state index < -0.39 is 0 Å². The van der Waals surface area contributed by atoms with E-state index in [1.54, 1.807) is 0 Å². The van der Waals surface area contributed by atoms with Gasteiger partial charge in [0.15, 0.2) is 0 Å². The second-order valence-corrected chi connectivity index (χ2v) is 5.78. The predicted molar refractivity (Wildman–Crippen MR) is 93.7 cm³/mol. The van der Waals surface area contributed by atoms with Gasteiger partial charge in [0.2, 0.25) is 0 Å². The molecular weight excluding hydrogens is 296 g/mol. The lowest BCUT2D eigenvalue weighted by molar-refractivity contribution is 0.0952. The van der Waals surface area contributed by atoms with Gasteiger partial charge in [-0.2, -0.15) is 0 Å². The average molecular weight is 319 g/mol. The summed E-state index contributed by atoms with van der Waals surface area (Å²) in [5.74, 6) is 0.738. The average Bonchev–Trinajstić information content (AvgIpc) is 2.55. The van der Waals surface area contributed by atoms with Crippen molar-refractivity contribution in [3.05, 3.63) is 48.0 Å². The highest BCUT2D eigenvalue weighted by Crippen LogP contribution is 2.18. The maximum Gasteiger partial charge on any atom is 0.251 e. The lowest BCUT2D eigenvalue weighted by atomic mass is 9.96.